The zero-order chi connectivity index (χ0) is 32.9. The zero-order valence-electron chi connectivity index (χ0n) is 29.2. The van der Waals surface area contributed by atoms with Crippen molar-refractivity contribution in [2.45, 2.75) is 114 Å². The highest BCUT2D eigenvalue weighted by Gasteiger charge is 2.42. The zero-order valence-corrected chi connectivity index (χ0v) is 21.2. The molecule has 2 saturated heterocycles. The third kappa shape index (κ3) is 5.74. The van der Waals surface area contributed by atoms with Crippen LogP contribution in [0, 0.1) is 12.8 Å². The van der Waals surface area contributed by atoms with Crippen LogP contribution in [0.3, 0.4) is 0 Å². The van der Waals surface area contributed by atoms with Gasteiger partial charge >= 0.3 is 0 Å². The normalized spacial score (nSPS) is 31.9. The number of nitrogens with one attached hydrogen (secondary N) is 1. The number of halogens is 2. The van der Waals surface area contributed by atoms with Crippen LogP contribution in [0.5, 0.6) is 0 Å². The van der Waals surface area contributed by atoms with E-state index < -0.39 is 50.0 Å². The van der Waals surface area contributed by atoms with Gasteiger partial charge in [0, 0.05) is 60.3 Å². The van der Waals surface area contributed by atoms with E-state index in [2.05, 4.69) is 15.5 Å². The fraction of sp³-hybridized carbons (Fsp3) is 0.690. The number of fused-ring (bicyclic) bond motifs is 2. The highest BCUT2D eigenvalue weighted by Crippen LogP contribution is 2.42. The Kier molecular flexibility index (Phi) is 5.26. The van der Waals surface area contributed by atoms with Crippen LogP contribution in [0.4, 0.5) is 8.78 Å². The van der Waals surface area contributed by atoms with Crippen molar-refractivity contribution in [3.05, 3.63) is 47.5 Å². The third-order valence-corrected chi connectivity index (χ3v) is 8.27. The third-order valence-electron chi connectivity index (χ3n) is 8.27. The molecule has 3 heterocycles. The van der Waals surface area contributed by atoms with Crippen LogP contribution >= 0.6 is 0 Å². The molecule has 4 atom stereocenters. The average molecular weight is 522 g/mol. The van der Waals surface area contributed by atoms with Gasteiger partial charge in [-0.1, -0.05) is 44.1 Å². The van der Waals surface area contributed by atoms with Crippen molar-refractivity contribution < 1.29 is 24.5 Å². The number of benzene rings is 1. The SMILES string of the molecule is [2H]C([2H])([2H])c1nnc(C(C)C([2H])([2H])[2H])n1C1CC2CCC(C1)N2C([2H])([2H])CC(NC(=O)C1CCC(F)(F)CC1)c1ccccc1. The number of piperidine rings is 1. The van der Waals surface area contributed by atoms with Gasteiger partial charge in [0.1, 0.15) is 11.6 Å². The van der Waals surface area contributed by atoms with Crippen molar-refractivity contribution in [2.75, 3.05) is 6.50 Å². The van der Waals surface area contributed by atoms with Crippen LogP contribution in [0.2, 0.25) is 0 Å². The lowest BCUT2D eigenvalue weighted by molar-refractivity contribution is -0.130. The average Bonchev–Trinajstić information content (AvgIpc) is 3.52. The Morgan fingerprint density at radius 3 is 2.49 bits per heavy atom. The summed E-state index contributed by atoms with van der Waals surface area (Å²) in [4.78, 5) is 15.1. The first-order valence-electron chi connectivity index (χ1n) is 17.3. The molecular weight excluding hydrogens is 472 g/mol. The summed E-state index contributed by atoms with van der Waals surface area (Å²) in [5.74, 6) is -4.89. The van der Waals surface area contributed by atoms with Crippen molar-refractivity contribution in [2.24, 2.45) is 5.92 Å². The first-order chi connectivity index (χ1) is 20.9. The van der Waals surface area contributed by atoms with Crippen LogP contribution in [-0.4, -0.2) is 50.1 Å². The van der Waals surface area contributed by atoms with E-state index in [1.807, 2.05) is 23.1 Å². The van der Waals surface area contributed by atoms with Gasteiger partial charge in [0.25, 0.3) is 0 Å². The first-order valence-corrected chi connectivity index (χ1v) is 13.3. The number of rotatable bonds is 8. The summed E-state index contributed by atoms with van der Waals surface area (Å²) in [6, 6.07) is 7.41. The number of carbonyl (C=O) groups is 1. The van der Waals surface area contributed by atoms with E-state index in [1.165, 1.54) is 11.5 Å². The molecule has 4 unspecified atom stereocenters. The molecule has 8 heteroatoms. The Labute approximate surface area is 230 Å². The number of carbonyl (C=O) groups excluding carboxylic acids is 1. The fourth-order valence-corrected chi connectivity index (χ4v) is 6.30. The van der Waals surface area contributed by atoms with Gasteiger partial charge in [-0.05, 0) is 57.4 Å². The van der Waals surface area contributed by atoms with E-state index >= 15 is 0 Å². The number of aromatic nitrogens is 3. The monoisotopic (exact) mass is 521 g/mol. The molecule has 37 heavy (non-hydrogen) atoms. The van der Waals surface area contributed by atoms with Crippen molar-refractivity contribution in [1.29, 1.82) is 0 Å². The molecular formula is C29H41F2N5O. The standard InChI is InChI=1S/C29H41F2N5O/c1-19(2)27-34-33-20(3)36(27)25-17-23-9-10-24(18-25)35(23)16-13-26(21-7-5-4-6-8-21)32-28(37)22-11-14-29(30,31)15-12-22/h4-8,19,22-26H,9-18H2,1-3H3,(H,32,37)/i1D3,3D3,16D2. The number of hydrogen-bond acceptors (Lipinski definition) is 4. The molecule has 2 aromatic rings. The second-order valence-corrected chi connectivity index (χ2v) is 10.9. The van der Waals surface area contributed by atoms with Crippen LogP contribution in [-0.2, 0) is 4.79 Å². The van der Waals surface area contributed by atoms with Crippen molar-refractivity contribution in [3.63, 3.8) is 0 Å². The maximum atomic E-state index is 13.7. The summed E-state index contributed by atoms with van der Waals surface area (Å²) >= 11 is 0. The summed E-state index contributed by atoms with van der Waals surface area (Å²) in [7, 11) is 0. The maximum Gasteiger partial charge on any atom is 0.248 e. The topological polar surface area (TPSA) is 63.1 Å². The molecule has 1 aliphatic carbocycles. The van der Waals surface area contributed by atoms with Crippen molar-refractivity contribution in [1.82, 2.24) is 25.0 Å². The first kappa shape index (κ1) is 18.0. The quantitative estimate of drug-likeness (QED) is 0.466. The fourth-order valence-electron chi connectivity index (χ4n) is 6.30. The van der Waals surface area contributed by atoms with Gasteiger partial charge in [0.15, 0.2) is 0 Å². The molecule has 1 saturated carbocycles. The van der Waals surface area contributed by atoms with E-state index in [0.29, 0.717) is 31.2 Å². The number of alkyl halides is 2. The minimum absolute atomic E-state index is 0.0716. The molecule has 202 valence electrons. The lowest BCUT2D eigenvalue weighted by atomic mass is 9.86. The lowest BCUT2D eigenvalue weighted by Crippen LogP contribution is -2.45. The van der Waals surface area contributed by atoms with Gasteiger partial charge < -0.3 is 9.88 Å². The lowest BCUT2D eigenvalue weighted by Gasteiger charge is -2.40. The Bertz CT molecular complexity index is 1330. The van der Waals surface area contributed by atoms with Gasteiger partial charge in [0.05, 0.1) is 6.04 Å². The largest absolute Gasteiger partial charge is 0.349 e. The summed E-state index contributed by atoms with van der Waals surface area (Å²) in [6.07, 6.45) is 1.52. The number of amides is 1. The van der Waals surface area contributed by atoms with E-state index in [9.17, 15) is 16.3 Å². The van der Waals surface area contributed by atoms with Gasteiger partial charge in [0.2, 0.25) is 11.8 Å². The van der Waals surface area contributed by atoms with E-state index in [-0.39, 0.29) is 61.7 Å². The van der Waals surface area contributed by atoms with Crippen molar-refractivity contribution in [3.8, 4) is 0 Å². The molecule has 3 aliphatic rings. The molecule has 3 fully saturated rings. The Morgan fingerprint density at radius 1 is 1.14 bits per heavy atom. The number of aryl methyl sites for hydroxylation is 1. The van der Waals surface area contributed by atoms with Gasteiger partial charge in [-0.15, -0.1) is 10.2 Å². The molecule has 2 aliphatic heterocycles. The minimum Gasteiger partial charge on any atom is -0.349 e. The van der Waals surface area contributed by atoms with Gasteiger partial charge in [-0.25, -0.2) is 8.78 Å². The summed E-state index contributed by atoms with van der Waals surface area (Å²) < 4.78 is 95.3. The van der Waals surface area contributed by atoms with E-state index in [1.54, 1.807) is 12.1 Å². The Balaban J connectivity index is 1.37. The molecule has 2 bridgehead atoms. The van der Waals surface area contributed by atoms with Crippen LogP contribution in [0.25, 0.3) is 0 Å². The van der Waals surface area contributed by atoms with Gasteiger partial charge in [-0.3, -0.25) is 9.69 Å². The molecule has 0 spiro atoms. The Morgan fingerprint density at radius 2 is 1.84 bits per heavy atom. The smallest absolute Gasteiger partial charge is 0.248 e. The second kappa shape index (κ2) is 10.8. The maximum absolute atomic E-state index is 13.7. The van der Waals surface area contributed by atoms with Gasteiger partial charge in [-0.2, -0.15) is 0 Å². The molecule has 1 amide bonds. The summed E-state index contributed by atoms with van der Waals surface area (Å²) in [5, 5.41) is 10.9. The van der Waals surface area contributed by atoms with Crippen LogP contribution < -0.4 is 5.32 Å². The van der Waals surface area contributed by atoms with Crippen LogP contribution in [0.15, 0.2) is 30.3 Å². The molecule has 0 radical (unpaired) electrons. The number of nitrogens with zero attached hydrogens (tertiary/aromatic N) is 4. The highest BCUT2D eigenvalue weighted by molar-refractivity contribution is 5.79. The molecule has 1 aromatic carbocycles. The predicted octanol–water partition coefficient (Wildman–Crippen LogP) is 5.95. The molecule has 5 rings (SSSR count). The molecule has 1 N–H and O–H groups in total. The summed E-state index contributed by atoms with van der Waals surface area (Å²) in [5.41, 5.74) is 0.716. The van der Waals surface area contributed by atoms with Crippen LogP contribution in [0.1, 0.15) is 118 Å². The van der Waals surface area contributed by atoms with E-state index in [4.69, 9.17) is 8.22 Å². The van der Waals surface area contributed by atoms with E-state index in [0.717, 1.165) is 0 Å². The number of hydrogen-bond donors (Lipinski definition) is 1. The van der Waals surface area contributed by atoms with Crippen molar-refractivity contribution >= 4 is 5.91 Å². The summed E-state index contributed by atoms with van der Waals surface area (Å²) in [6.45, 7) is -5.42. The second-order valence-electron chi connectivity index (χ2n) is 10.9. The minimum atomic E-state index is -2.76. The predicted molar refractivity (Wildman–Crippen MR) is 139 cm³/mol. The molecule has 1 aromatic heterocycles. The Hall–Kier alpha value is -2.35. The highest BCUT2D eigenvalue weighted by atomic mass is 19.3. The molecule has 6 nitrogen and oxygen atoms in total.